The summed E-state index contributed by atoms with van der Waals surface area (Å²) in [6, 6.07) is 75.7. The molecule has 0 aromatic heterocycles. The Bertz CT molecular complexity index is 2670. The minimum atomic E-state index is 0.862. The Morgan fingerprint density at radius 3 is 1.35 bits per heavy atom. The number of hydrogen-bond acceptors (Lipinski definition) is 2. The SMILES string of the molecule is c1ccc(-c2ccc(N(c3ccc(-c4ccccc4)cc3)c3ccc(-c4cc5ccccc5c5c4Oc4ccccc4-c4ccccc4-5)cc3)cc2)cc1. The summed E-state index contributed by atoms with van der Waals surface area (Å²) in [6.07, 6.45) is 0. The Morgan fingerprint density at radius 2 is 0.759 bits per heavy atom. The van der Waals surface area contributed by atoms with Gasteiger partial charge in [0.25, 0.3) is 0 Å². The molecule has 0 unspecified atom stereocenters. The van der Waals surface area contributed by atoms with Crippen molar-refractivity contribution in [3.05, 3.63) is 212 Å². The summed E-state index contributed by atoms with van der Waals surface area (Å²) in [5.41, 5.74) is 14.8. The van der Waals surface area contributed by atoms with Crippen molar-refractivity contribution in [2.24, 2.45) is 0 Å². The molecule has 0 aliphatic carbocycles. The molecule has 54 heavy (non-hydrogen) atoms. The molecule has 1 aliphatic heterocycles. The topological polar surface area (TPSA) is 12.5 Å². The Kier molecular flexibility index (Phi) is 7.85. The number of para-hydroxylation sites is 1. The quantitative estimate of drug-likeness (QED) is 0.172. The summed E-state index contributed by atoms with van der Waals surface area (Å²) in [4.78, 5) is 2.33. The Morgan fingerprint density at radius 1 is 0.315 bits per heavy atom. The maximum atomic E-state index is 6.98. The smallest absolute Gasteiger partial charge is 0.143 e. The summed E-state index contributed by atoms with van der Waals surface area (Å²) in [6.45, 7) is 0. The monoisotopic (exact) mass is 689 g/mol. The molecular weight excluding hydrogens is 655 g/mol. The fourth-order valence-electron chi connectivity index (χ4n) is 7.84. The number of rotatable bonds is 6. The van der Waals surface area contributed by atoms with Crippen molar-refractivity contribution in [1.29, 1.82) is 0 Å². The first kappa shape index (κ1) is 31.6. The molecule has 10 rings (SSSR count). The third kappa shape index (κ3) is 5.62. The fourth-order valence-corrected chi connectivity index (χ4v) is 7.84. The second-order valence-corrected chi connectivity index (χ2v) is 13.7. The van der Waals surface area contributed by atoms with E-state index in [1.807, 2.05) is 0 Å². The van der Waals surface area contributed by atoms with Gasteiger partial charge in [0.15, 0.2) is 0 Å². The summed E-state index contributed by atoms with van der Waals surface area (Å²) in [5.74, 6) is 1.74. The van der Waals surface area contributed by atoms with Gasteiger partial charge in [-0.05, 0) is 98.2 Å². The highest BCUT2D eigenvalue weighted by Crippen LogP contribution is 2.53. The van der Waals surface area contributed by atoms with E-state index in [9.17, 15) is 0 Å². The molecule has 9 aromatic rings. The van der Waals surface area contributed by atoms with Crippen LogP contribution in [0.3, 0.4) is 0 Å². The van der Waals surface area contributed by atoms with Crippen molar-refractivity contribution in [2.45, 2.75) is 0 Å². The maximum Gasteiger partial charge on any atom is 0.143 e. The van der Waals surface area contributed by atoms with Gasteiger partial charge in [-0.15, -0.1) is 0 Å². The third-order valence-electron chi connectivity index (χ3n) is 10.5. The van der Waals surface area contributed by atoms with Crippen LogP contribution in [0.1, 0.15) is 0 Å². The van der Waals surface area contributed by atoms with Crippen molar-refractivity contribution in [1.82, 2.24) is 0 Å². The zero-order valence-corrected chi connectivity index (χ0v) is 29.6. The van der Waals surface area contributed by atoms with Crippen molar-refractivity contribution in [2.75, 3.05) is 4.90 Å². The molecule has 0 spiro atoms. The van der Waals surface area contributed by atoms with Gasteiger partial charge in [-0.3, -0.25) is 0 Å². The minimum Gasteiger partial charge on any atom is -0.455 e. The lowest BCUT2D eigenvalue weighted by Gasteiger charge is -2.26. The van der Waals surface area contributed by atoms with Crippen LogP contribution in [0.2, 0.25) is 0 Å². The highest BCUT2D eigenvalue weighted by Gasteiger charge is 2.26. The lowest BCUT2D eigenvalue weighted by molar-refractivity contribution is 0.490. The molecule has 9 aromatic carbocycles. The van der Waals surface area contributed by atoms with E-state index in [4.69, 9.17) is 4.74 Å². The number of nitrogens with zero attached hydrogens (tertiary/aromatic N) is 1. The third-order valence-corrected chi connectivity index (χ3v) is 10.5. The highest BCUT2D eigenvalue weighted by atomic mass is 16.5. The number of anilines is 3. The summed E-state index contributed by atoms with van der Waals surface area (Å²) in [7, 11) is 0. The maximum absolute atomic E-state index is 6.98. The van der Waals surface area contributed by atoms with Crippen LogP contribution in [0.25, 0.3) is 66.4 Å². The molecule has 0 radical (unpaired) electrons. The average Bonchev–Trinajstić information content (AvgIpc) is 3.40. The Balaban J connectivity index is 1.10. The number of benzene rings is 9. The normalized spacial score (nSPS) is 11.5. The van der Waals surface area contributed by atoms with Gasteiger partial charge in [0, 0.05) is 33.8 Å². The van der Waals surface area contributed by atoms with E-state index in [0.717, 1.165) is 50.8 Å². The Labute approximate surface area is 315 Å². The summed E-state index contributed by atoms with van der Waals surface area (Å²) in [5, 5.41) is 2.36. The zero-order valence-electron chi connectivity index (χ0n) is 29.6. The second kappa shape index (κ2) is 13.4. The molecule has 1 aliphatic rings. The first-order valence-corrected chi connectivity index (χ1v) is 18.4. The number of fused-ring (bicyclic) bond motifs is 7. The molecule has 254 valence electrons. The molecule has 0 bridgehead atoms. The molecule has 0 N–H and O–H groups in total. The van der Waals surface area contributed by atoms with Gasteiger partial charge < -0.3 is 9.64 Å². The lowest BCUT2D eigenvalue weighted by Crippen LogP contribution is -2.09. The van der Waals surface area contributed by atoms with Gasteiger partial charge in [-0.1, -0.05) is 164 Å². The molecule has 0 saturated carbocycles. The second-order valence-electron chi connectivity index (χ2n) is 13.7. The molecule has 2 nitrogen and oxygen atoms in total. The summed E-state index contributed by atoms with van der Waals surface area (Å²) >= 11 is 0. The minimum absolute atomic E-state index is 0.862. The molecule has 0 amide bonds. The van der Waals surface area contributed by atoms with Crippen LogP contribution < -0.4 is 9.64 Å². The molecule has 2 heteroatoms. The fraction of sp³-hybridized carbons (Fsp3) is 0. The standard InChI is InChI=1S/C52H35NO/c1-3-13-36(14-4-1)38-23-29-42(30-24-38)53(43-31-25-39(26-32-43)37-15-5-2-6-16-37)44-33-27-40(28-34-44)49-35-41-17-7-8-18-45(41)51-48-21-10-9-19-46(48)47-20-11-12-22-50(47)54-52(49)51/h1-35H. The Hall–Kier alpha value is -7.16. The van der Waals surface area contributed by atoms with E-state index >= 15 is 0 Å². The van der Waals surface area contributed by atoms with Gasteiger partial charge >= 0.3 is 0 Å². The summed E-state index contributed by atoms with van der Waals surface area (Å²) < 4.78 is 6.98. The van der Waals surface area contributed by atoms with Gasteiger partial charge in [-0.25, -0.2) is 0 Å². The van der Waals surface area contributed by atoms with Gasteiger partial charge in [0.2, 0.25) is 0 Å². The molecular formula is C52H35NO. The van der Waals surface area contributed by atoms with Crippen LogP contribution in [0.5, 0.6) is 11.5 Å². The van der Waals surface area contributed by atoms with Crippen molar-refractivity contribution >= 4 is 27.8 Å². The average molecular weight is 690 g/mol. The zero-order chi connectivity index (χ0) is 35.8. The van der Waals surface area contributed by atoms with Crippen LogP contribution >= 0.6 is 0 Å². The van der Waals surface area contributed by atoms with Crippen molar-refractivity contribution in [3.63, 3.8) is 0 Å². The van der Waals surface area contributed by atoms with E-state index in [1.165, 1.54) is 44.2 Å². The van der Waals surface area contributed by atoms with Gasteiger partial charge in [0.1, 0.15) is 11.5 Å². The highest BCUT2D eigenvalue weighted by molar-refractivity contribution is 6.08. The van der Waals surface area contributed by atoms with Crippen molar-refractivity contribution in [3.8, 4) is 67.1 Å². The first-order valence-electron chi connectivity index (χ1n) is 18.4. The van der Waals surface area contributed by atoms with Gasteiger partial charge in [0.05, 0.1) is 0 Å². The van der Waals surface area contributed by atoms with Crippen LogP contribution in [-0.4, -0.2) is 0 Å². The molecule has 0 saturated heterocycles. The molecule has 1 heterocycles. The van der Waals surface area contributed by atoms with E-state index < -0.39 is 0 Å². The number of ether oxygens (including phenoxy) is 1. The first-order chi connectivity index (χ1) is 26.8. The molecule has 0 atom stereocenters. The predicted molar refractivity (Wildman–Crippen MR) is 226 cm³/mol. The van der Waals surface area contributed by atoms with Crippen LogP contribution in [0.15, 0.2) is 212 Å². The van der Waals surface area contributed by atoms with E-state index in [-0.39, 0.29) is 0 Å². The predicted octanol–water partition coefficient (Wildman–Crippen LogP) is 14.8. The lowest BCUT2D eigenvalue weighted by atomic mass is 9.88. The van der Waals surface area contributed by atoms with Crippen molar-refractivity contribution < 1.29 is 4.74 Å². The molecule has 0 fully saturated rings. The van der Waals surface area contributed by atoms with Crippen LogP contribution in [-0.2, 0) is 0 Å². The van der Waals surface area contributed by atoms with E-state index in [0.29, 0.717) is 0 Å². The van der Waals surface area contributed by atoms with Gasteiger partial charge in [-0.2, -0.15) is 0 Å². The van der Waals surface area contributed by atoms with Crippen LogP contribution in [0.4, 0.5) is 17.1 Å². The van der Waals surface area contributed by atoms with E-state index in [1.54, 1.807) is 0 Å². The largest absolute Gasteiger partial charge is 0.455 e. The van der Waals surface area contributed by atoms with E-state index in [2.05, 4.69) is 217 Å². The number of hydrogen-bond donors (Lipinski definition) is 0. The van der Waals surface area contributed by atoms with Crippen LogP contribution in [0, 0.1) is 0 Å².